The number of nitrogens with zero attached hydrogens (tertiary/aromatic N) is 2. The van der Waals surface area contributed by atoms with Crippen LogP contribution in [0.3, 0.4) is 0 Å². The summed E-state index contributed by atoms with van der Waals surface area (Å²) in [4.78, 5) is 15.9. The molecule has 1 atom stereocenters. The van der Waals surface area contributed by atoms with Crippen molar-refractivity contribution >= 4 is 5.91 Å². The Labute approximate surface area is 125 Å². The molecule has 0 fully saturated rings. The Morgan fingerprint density at radius 2 is 2.09 bits per heavy atom. The molecule has 0 aliphatic rings. The molecule has 3 rings (SSSR count). The molecule has 0 saturated carbocycles. The summed E-state index contributed by atoms with van der Waals surface area (Å²) < 4.78 is 9.74. The number of nitrogens with one attached hydrogen (secondary N) is 1. The van der Waals surface area contributed by atoms with Gasteiger partial charge in [0.2, 0.25) is 12.2 Å². The number of aromatic nitrogens is 2. The number of aliphatic hydroxyl groups is 1. The Morgan fingerprint density at radius 1 is 1.27 bits per heavy atom. The lowest BCUT2D eigenvalue weighted by molar-refractivity contribution is 0.0901. The van der Waals surface area contributed by atoms with E-state index < -0.39 is 6.10 Å². The predicted molar refractivity (Wildman–Crippen MR) is 75.7 cm³/mol. The number of carbonyl (C=O) groups excluding carboxylic acids is 1. The molecule has 1 amide bonds. The fraction of sp³-hybridized carbons (Fsp3) is 0.133. The Bertz CT molecular complexity index is 721. The van der Waals surface area contributed by atoms with Crippen LogP contribution >= 0.6 is 0 Å². The molecular formula is C15H13N3O4. The van der Waals surface area contributed by atoms with Crippen molar-refractivity contribution in [3.63, 3.8) is 0 Å². The van der Waals surface area contributed by atoms with Gasteiger partial charge in [-0.05, 0) is 24.3 Å². The molecule has 0 saturated heterocycles. The van der Waals surface area contributed by atoms with Gasteiger partial charge >= 0.3 is 0 Å². The number of amides is 1. The topological polar surface area (TPSA) is 101 Å². The van der Waals surface area contributed by atoms with Gasteiger partial charge in [-0.25, -0.2) is 0 Å². The summed E-state index contributed by atoms with van der Waals surface area (Å²) in [6, 6.07) is 10.1. The number of carbonyl (C=O) groups is 1. The normalized spacial score (nSPS) is 12.0. The van der Waals surface area contributed by atoms with Gasteiger partial charge in [0.15, 0.2) is 0 Å². The van der Waals surface area contributed by atoms with Gasteiger partial charge in [-0.1, -0.05) is 17.3 Å². The molecular weight excluding hydrogens is 286 g/mol. The number of furan rings is 1. The maximum absolute atomic E-state index is 12.0. The second-order valence-corrected chi connectivity index (χ2v) is 4.57. The molecule has 0 bridgehead atoms. The SMILES string of the molecule is O=C(NCC(O)c1ccco1)c1ccc(-c2ncon2)cc1. The molecule has 0 aliphatic heterocycles. The quantitative estimate of drug-likeness (QED) is 0.745. The number of hydrogen-bond acceptors (Lipinski definition) is 6. The molecule has 7 heteroatoms. The van der Waals surface area contributed by atoms with E-state index in [4.69, 9.17) is 4.42 Å². The van der Waals surface area contributed by atoms with Crippen molar-refractivity contribution in [3.05, 3.63) is 60.4 Å². The zero-order chi connectivity index (χ0) is 15.4. The van der Waals surface area contributed by atoms with E-state index in [1.54, 1.807) is 36.4 Å². The van der Waals surface area contributed by atoms with E-state index in [1.165, 1.54) is 12.7 Å². The zero-order valence-electron chi connectivity index (χ0n) is 11.5. The largest absolute Gasteiger partial charge is 0.467 e. The van der Waals surface area contributed by atoms with Crippen LogP contribution in [0.2, 0.25) is 0 Å². The molecule has 1 unspecified atom stereocenters. The molecule has 2 aromatic heterocycles. The summed E-state index contributed by atoms with van der Waals surface area (Å²) in [5.74, 6) is 0.582. The van der Waals surface area contributed by atoms with Crippen molar-refractivity contribution < 1.29 is 18.8 Å². The second-order valence-electron chi connectivity index (χ2n) is 4.57. The lowest BCUT2D eigenvalue weighted by atomic mass is 10.1. The minimum Gasteiger partial charge on any atom is -0.467 e. The minimum atomic E-state index is -0.877. The first-order valence-electron chi connectivity index (χ1n) is 6.60. The summed E-state index contributed by atoms with van der Waals surface area (Å²) in [7, 11) is 0. The van der Waals surface area contributed by atoms with Gasteiger partial charge in [-0.3, -0.25) is 4.79 Å². The van der Waals surface area contributed by atoms with E-state index in [0.29, 0.717) is 17.1 Å². The third-order valence-corrected chi connectivity index (χ3v) is 3.09. The van der Waals surface area contributed by atoms with Gasteiger partial charge in [0.1, 0.15) is 11.9 Å². The highest BCUT2D eigenvalue weighted by atomic mass is 16.5. The molecule has 1 aromatic carbocycles. The van der Waals surface area contributed by atoms with Crippen LogP contribution in [0.25, 0.3) is 11.4 Å². The maximum atomic E-state index is 12.0. The molecule has 0 spiro atoms. The zero-order valence-corrected chi connectivity index (χ0v) is 11.5. The lowest BCUT2D eigenvalue weighted by Crippen LogP contribution is -2.28. The van der Waals surface area contributed by atoms with Gasteiger partial charge in [-0.2, -0.15) is 4.98 Å². The Kier molecular flexibility index (Phi) is 3.97. The third-order valence-electron chi connectivity index (χ3n) is 3.09. The second kappa shape index (κ2) is 6.23. The molecule has 7 nitrogen and oxygen atoms in total. The third kappa shape index (κ3) is 3.04. The van der Waals surface area contributed by atoms with Crippen LogP contribution in [0.4, 0.5) is 0 Å². The molecule has 2 heterocycles. The Balaban J connectivity index is 1.60. The molecule has 22 heavy (non-hydrogen) atoms. The Morgan fingerprint density at radius 3 is 2.73 bits per heavy atom. The van der Waals surface area contributed by atoms with Crippen molar-refractivity contribution in [2.24, 2.45) is 0 Å². The van der Waals surface area contributed by atoms with Gasteiger partial charge < -0.3 is 19.4 Å². The average molecular weight is 299 g/mol. The monoisotopic (exact) mass is 299 g/mol. The number of benzene rings is 1. The highest BCUT2D eigenvalue weighted by Gasteiger charge is 2.13. The van der Waals surface area contributed by atoms with Gasteiger partial charge in [0.05, 0.1) is 12.8 Å². The van der Waals surface area contributed by atoms with E-state index in [0.717, 1.165) is 5.56 Å². The van der Waals surface area contributed by atoms with Crippen LogP contribution in [0, 0.1) is 0 Å². The summed E-state index contributed by atoms with van der Waals surface area (Å²) in [6.45, 7) is 0.0684. The first kappa shape index (κ1) is 14.0. The van der Waals surface area contributed by atoms with Crippen LogP contribution < -0.4 is 5.32 Å². The van der Waals surface area contributed by atoms with Crippen LogP contribution in [-0.2, 0) is 0 Å². The highest BCUT2D eigenvalue weighted by Crippen LogP contribution is 2.15. The minimum absolute atomic E-state index is 0.0684. The fourth-order valence-corrected chi connectivity index (χ4v) is 1.94. The van der Waals surface area contributed by atoms with Crippen molar-refractivity contribution in [2.45, 2.75) is 6.10 Å². The molecule has 2 N–H and O–H groups in total. The van der Waals surface area contributed by atoms with E-state index >= 15 is 0 Å². The van der Waals surface area contributed by atoms with Crippen LogP contribution in [0.5, 0.6) is 0 Å². The highest BCUT2D eigenvalue weighted by molar-refractivity contribution is 5.94. The summed E-state index contributed by atoms with van der Waals surface area (Å²) in [6.07, 6.45) is 1.83. The fourth-order valence-electron chi connectivity index (χ4n) is 1.94. The molecule has 0 radical (unpaired) electrons. The van der Waals surface area contributed by atoms with Crippen molar-refractivity contribution in [3.8, 4) is 11.4 Å². The first-order chi connectivity index (χ1) is 10.7. The Hall–Kier alpha value is -2.93. The van der Waals surface area contributed by atoms with Crippen LogP contribution in [0.1, 0.15) is 22.2 Å². The number of aliphatic hydroxyl groups excluding tert-OH is 1. The van der Waals surface area contributed by atoms with Gasteiger partial charge in [-0.15, -0.1) is 0 Å². The van der Waals surface area contributed by atoms with Gasteiger partial charge in [0.25, 0.3) is 5.91 Å². The van der Waals surface area contributed by atoms with E-state index in [1.807, 2.05) is 0 Å². The number of rotatable bonds is 5. The predicted octanol–water partition coefficient (Wildman–Crippen LogP) is 1.79. The maximum Gasteiger partial charge on any atom is 0.251 e. The molecule has 3 aromatic rings. The summed E-state index contributed by atoms with van der Waals surface area (Å²) >= 11 is 0. The average Bonchev–Trinajstić information content (AvgIpc) is 3.25. The summed E-state index contributed by atoms with van der Waals surface area (Å²) in [5.41, 5.74) is 1.22. The lowest BCUT2D eigenvalue weighted by Gasteiger charge is -2.09. The standard InChI is InChI=1S/C15H13N3O4/c19-12(13-2-1-7-21-13)8-16-15(20)11-5-3-10(4-6-11)14-17-9-22-18-14/h1-7,9,12,19H,8H2,(H,16,20). The van der Waals surface area contributed by atoms with Crippen molar-refractivity contribution in [1.29, 1.82) is 0 Å². The van der Waals surface area contributed by atoms with E-state index in [2.05, 4.69) is 20.0 Å². The van der Waals surface area contributed by atoms with Crippen LogP contribution in [0.15, 0.2) is 58.0 Å². The summed E-state index contributed by atoms with van der Waals surface area (Å²) in [5, 5.41) is 16.2. The van der Waals surface area contributed by atoms with Crippen LogP contribution in [-0.4, -0.2) is 27.7 Å². The van der Waals surface area contributed by atoms with Gasteiger partial charge in [0, 0.05) is 11.1 Å². The van der Waals surface area contributed by atoms with E-state index in [9.17, 15) is 9.90 Å². The molecule has 0 aliphatic carbocycles. The van der Waals surface area contributed by atoms with Crippen molar-refractivity contribution in [1.82, 2.24) is 15.5 Å². The van der Waals surface area contributed by atoms with Crippen molar-refractivity contribution in [2.75, 3.05) is 6.54 Å². The first-order valence-corrected chi connectivity index (χ1v) is 6.60. The smallest absolute Gasteiger partial charge is 0.251 e. The number of hydrogen-bond donors (Lipinski definition) is 2. The van der Waals surface area contributed by atoms with E-state index in [-0.39, 0.29) is 12.5 Å². The molecule has 112 valence electrons.